The van der Waals surface area contributed by atoms with Gasteiger partial charge in [-0.1, -0.05) is 6.07 Å². The van der Waals surface area contributed by atoms with Crippen molar-refractivity contribution in [1.29, 1.82) is 0 Å². The molecule has 0 radical (unpaired) electrons. The molecule has 0 atom stereocenters. The second kappa shape index (κ2) is 4.92. The van der Waals surface area contributed by atoms with Crippen LogP contribution in [0.1, 0.15) is 21.5 Å². The van der Waals surface area contributed by atoms with Crippen molar-refractivity contribution in [2.24, 2.45) is 0 Å². The minimum absolute atomic E-state index is 0.0105. The standard InChI is InChI=1S/C12H9Br2NOS/c1-6-2-3-7(15)4-8(6)11(16)9-5-10(13)17-12(9)14/h2-5H,15H2,1H3. The molecule has 0 amide bonds. The molecule has 88 valence electrons. The van der Waals surface area contributed by atoms with Crippen molar-refractivity contribution in [3.63, 3.8) is 0 Å². The summed E-state index contributed by atoms with van der Waals surface area (Å²) < 4.78 is 1.76. The lowest BCUT2D eigenvalue weighted by atomic mass is 10.0. The van der Waals surface area contributed by atoms with Crippen LogP contribution in [0.3, 0.4) is 0 Å². The third kappa shape index (κ3) is 2.61. The summed E-state index contributed by atoms with van der Waals surface area (Å²) in [6, 6.07) is 7.19. The Morgan fingerprint density at radius 1 is 1.24 bits per heavy atom. The first kappa shape index (κ1) is 12.8. The lowest BCUT2D eigenvalue weighted by Crippen LogP contribution is -2.04. The topological polar surface area (TPSA) is 43.1 Å². The maximum Gasteiger partial charge on any atom is 0.195 e. The summed E-state index contributed by atoms with van der Waals surface area (Å²) in [5, 5.41) is 0. The van der Waals surface area contributed by atoms with Crippen LogP contribution >= 0.6 is 43.2 Å². The zero-order chi connectivity index (χ0) is 12.6. The van der Waals surface area contributed by atoms with Crippen LogP contribution in [0, 0.1) is 6.92 Å². The average Bonchev–Trinajstić information content (AvgIpc) is 2.60. The third-order valence-electron chi connectivity index (χ3n) is 2.41. The van der Waals surface area contributed by atoms with E-state index in [1.165, 1.54) is 11.3 Å². The molecule has 2 aromatic rings. The lowest BCUT2D eigenvalue weighted by Gasteiger charge is -2.05. The molecule has 0 saturated heterocycles. The number of ketones is 1. The molecule has 5 heteroatoms. The van der Waals surface area contributed by atoms with Crippen molar-refractivity contribution in [1.82, 2.24) is 0 Å². The summed E-state index contributed by atoms with van der Waals surface area (Å²) >= 11 is 8.25. The second-order valence-corrected chi connectivity index (χ2v) is 7.39. The number of carbonyl (C=O) groups excluding carboxylic acids is 1. The van der Waals surface area contributed by atoms with E-state index in [1.54, 1.807) is 12.1 Å². The Balaban J connectivity index is 2.50. The zero-order valence-corrected chi connectivity index (χ0v) is 12.9. The largest absolute Gasteiger partial charge is 0.399 e. The molecule has 1 aromatic heterocycles. The number of hydrogen-bond donors (Lipinski definition) is 1. The molecule has 2 N–H and O–H groups in total. The molecule has 0 unspecified atom stereocenters. The van der Waals surface area contributed by atoms with Crippen LogP contribution in [0.5, 0.6) is 0 Å². The molecule has 17 heavy (non-hydrogen) atoms. The van der Waals surface area contributed by atoms with E-state index < -0.39 is 0 Å². The van der Waals surface area contributed by atoms with Gasteiger partial charge in [-0.3, -0.25) is 4.79 Å². The highest BCUT2D eigenvalue weighted by atomic mass is 79.9. The molecular formula is C12H9Br2NOS. The smallest absolute Gasteiger partial charge is 0.195 e. The summed E-state index contributed by atoms with van der Waals surface area (Å²) in [5.41, 5.74) is 8.56. The summed E-state index contributed by atoms with van der Waals surface area (Å²) in [4.78, 5) is 12.4. The molecule has 0 spiro atoms. The van der Waals surface area contributed by atoms with E-state index in [0.717, 1.165) is 13.1 Å². The van der Waals surface area contributed by atoms with Gasteiger partial charge in [0, 0.05) is 16.8 Å². The van der Waals surface area contributed by atoms with E-state index in [1.807, 2.05) is 19.1 Å². The van der Waals surface area contributed by atoms with E-state index >= 15 is 0 Å². The molecule has 2 rings (SSSR count). The molecular weight excluding hydrogens is 366 g/mol. The summed E-state index contributed by atoms with van der Waals surface area (Å²) in [6.45, 7) is 1.90. The predicted octanol–water partition coefficient (Wildman–Crippen LogP) is 4.39. The van der Waals surface area contributed by atoms with Crippen LogP contribution in [-0.2, 0) is 0 Å². The number of anilines is 1. The Hall–Kier alpha value is -0.650. The number of hydrogen-bond acceptors (Lipinski definition) is 3. The number of halogens is 2. The minimum Gasteiger partial charge on any atom is -0.399 e. The Kier molecular flexibility index (Phi) is 3.70. The SMILES string of the molecule is Cc1ccc(N)cc1C(=O)c1cc(Br)sc1Br. The molecule has 2 nitrogen and oxygen atoms in total. The first-order valence-corrected chi connectivity index (χ1v) is 7.25. The fourth-order valence-electron chi connectivity index (χ4n) is 1.52. The van der Waals surface area contributed by atoms with E-state index in [0.29, 0.717) is 16.8 Å². The van der Waals surface area contributed by atoms with Gasteiger partial charge in [-0.25, -0.2) is 0 Å². The van der Waals surface area contributed by atoms with Gasteiger partial charge >= 0.3 is 0 Å². The molecule has 0 bridgehead atoms. The van der Waals surface area contributed by atoms with E-state index in [-0.39, 0.29) is 5.78 Å². The normalized spacial score (nSPS) is 10.5. The highest BCUT2D eigenvalue weighted by Crippen LogP contribution is 2.33. The predicted molar refractivity (Wildman–Crippen MR) is 78.7 cm³/mol. The Labute approximate surface area is 120 Å². The Morgan fingerprint density at radius 2 is 1.94 bits per heavy atom. The van der Waals surface area contributed by atoms with Crippen molar-refractivity contribution in [3.8, 4) is 0 Å². The van der Waals surface area contributed by atoms with Gasteiger partial charge < -0.3 is 5.73 Å². The fraction of sp³-hybridized carbons (Fsp3) is 0.0833. The van der Waals surface area contributed by atoms with Gasteiger partial charge in [0.05, 0.1) is 7.57 Å². The zero-order valence-electron chi connectivity index (χ0n) is 8.96. The number of nitrogen functional groups attached to an aromatic ring is 1. The van der Waals surface area contributed by atoms with Crippen LogP contribution < -0.4 is 5.73 Å². The van der Waals surface area contributed by atoms with Gasteiger partial charge in [0.15, 0.2) is 5.78 Å². The maximum absolute atomic E-state index is 12.4. The molecule has 0 fully saturated rings. The van der Waals surface area contributed by atoms with Gasteiger partial charge in [-0.05, 0) is 62.5 Å². The van der Waals surface area contributed by atoms with E-state index in [9.17, 15) is 4.79 Å². The maximum atomic E-state index is 12.4. The van der Waals surface area contributed by atoms with E-state index in [2.05, 4.69) is 31.9 Å². The Bertz CT molecular complexity index is 592. The van der Waals surface area contributed by atoms with Crippen molar-refractivity contribution >= 4 is 54.7 Å². The minimum atomic E-state index is -0.0105. The van der Waals surface area contributed by atoms with Gasteiger partial charge in [-0.2, -0.15) is 0 Å². The number of benzene rings is 1. The van der Waals surface area contributed by atoms with Crippen LogP contribution in [0.4, 0.5) is 5.69 Å². The van der Waals surface area contributed by atoms with Crippen molar-refractivity contribution in [3.05, 3.63) is 48.5 Å². The van der Waals surface area contributed by atoms with Crippen LogP contribution in [0.25, 0.3) is 0 Å². The summed E-state index contributed by atoms with van der Waals surface area (Å²) in [6.07, 6.45) is 0. The van der Waals surface area contributed by atoms with Gasteiger partial charge in [0.2, 0.25) is 0 Å². The van der Waals surface area contributed by atoms with Crippen LogP contribution in [-0.4, -0.2) is 5.78 Å². The van der Waals surface area contributed by atoms with Crippen LogP contribution in [0.15, 0.2) is 31.8 Å². The van der Waals surface area contributed by atoms with Gasteiger partial charge in [-0.15, -0.1) is 11.3 Å². The number of carbonyl (C=O) groups is 1. The van der Waals surface area contributed by atoms with Crippen molar-refractivity contribution in [2.75, 3.05) is 5.73 Å². The molecule has 0 aliphatic heterocycles. The Morgan fingerprint density at radius 3 is 2.53 bits per heavy atom. The number of aryl methyl sites for hydroxylation is 1. The van der Waals surface area contributed by atoms with Crippen molar-refractivity contribution in [2.45, 2.75) is 6.92 Å². The molecule has 0 aliphatic carbocycles. The summed E-state index contributed by atoms with van der Waals surface area (Å²) in [5.74, 6) is -0.0105. The second-order valence-electron chi connectivity index (χ2n) is 3.64. The summed E-state index contributed by atoms with van der Waals surface area (Å²) in [7, 11) is 0. The first-order valence-electron chi connectivity index (χ1n) is 4.84. The number of thiophene rings is 1. The fourth-order valence-corrected chi connectivity index (χ4v) is 4.32. The number of nitrogens with two attached hydrogens (primary N) is 1. The molecule has 0 aliphatic rings. The molecule has 1 heterocycles. The molecule has 1 aromatic carbocycles. The third-order valence-corrected chi connectivity index (χ3v) is 4.75. The lowest BCUT2D eigenvalue weighted by molar-refractivity contribution is 0.103. The average molecular weight is 375 g/mol. The van der Waals surface area contributed by atoms with E-state index in [4.69, 9.17) is 5.73 Å². The van der Waals surface area contributed by atoms with Gasteiger partial charge in [0.1, 0.15) is 0 Å². The highest BCUT2D eigenvalue weighted by molar-refractivity contribution is 9.12. The number of rotatable bonds is 2. The monoisotopic (exact) mass is 373 g/mol. The first-order chi connectivity index (χ1) is 7.99. The highest BCUT2D eigenvalue weighted by Gasteiger charge is 2.17. The quantitative estimate of drug-likeness (QED) is 0.625. The van der Waals surface area contributed by atoms with Gasteiger partial charge in [0.25, 0.3) is 0 Å². The van der Waals surface area contributed by atoms with Crippen LogP contribution in [0.2, 0.25) is 0 Å². The van der Waals surface area contributed by atoms with Crippen molar-refractivity contribution < 1.29 is 4.79 Å². The molecule has 0 saturated carbocycles.